The van der Waals surface area contributed by atoms with Gasteiger partial charge in [-0.05, 0) is 17.9 Å². The van der Waals surface area contributed by atoms with Crippen LogP contribution in [0.25, 0.3) is 0 Å². The smallest absolute Gasteiger partial charge is 0.253 e. The summed E-state index contributed by atoms with van der Waals surface area (Å²) in [5.74, 6) is -0.888. The quantitative estimate of drug-likeness (QED) is 0.856. The summed E-state index contributed by atoms with van der Waals surface area (Å²) < 4.78 is 12.9. The Hall–Kier alpha value is -1.16. The van der Waals surface area contributed by atoms with Crippen LogP contribution >= 0.6 is 11.6 Å². The first-order valence-electron chi connectivity index (χ1n) is 5.81. The van der Waals surface area contributed by atoms with Crippen LogP contribution in [0.5, 0.6) is 0 Å². The van der Waals surface area contributed by atoms with Gasteiger partial charge in [0.2, 0.25) is 0 Å². The van der Waals surface area contributed by atoms with Gasteiger partial charge in [-0.15, -0.1) is 11.6 Å². The Morgan fingerprint density at radius 3 is 2.72 bits per heavy atom. The van der Waals surface area contributed by atoms with E-state index < -0.39 is 5.82 Å². The van der Waals surface area contributed by atoms with Crippen LogP contribution < -0.4 is 5.32 Å². The third-order valence-corrected chi connectivity index (χ3v) is 2.59. The zero-order valence-corrected chi connectivity index (χ0v) is 11.6. The molecule has 0 spiro atoms. The van der Waals surface area contributed by atoms with Crippen molar-refractivity contribution in [2.75, 3.05) is 6.54 Å². The highest BCUT2D eigenvalue weighted by molar-refractivity contribution is 6.21. The molecule has 18 heavy (non-hydrogen) atoms. The first-order chi connectivity index (χ1) is 8.28. The SMILES string of the molecule is CC(C)(C)CC(Cl)CNC(=O)c1cncc(F)c1. The standard InChI is InChI=1S/C13H18ClFN2O/c1-13(2,3)5-10(14)7-17-12(18)9-4-11(15)8-16-6-9/h4,6,8,10H,5,7H2,1-3H3,(H,17,18). The van der Waals surface area contributed by atoms with Crippen LogP contribution in [0.15, 0.2) is 18.5 Å². The summed E-state index contributed by atoms with van der Waals surface area (Å²) in [5.41, 5.74) is 0.312. The Labute approximate surface area is 112 Å². The van der Waals surface area contributed by atoms with Gasteiger partial charge in [-0.1, -0.05) is 20.8 Å². The second-order valence-corrected chi connectivity index (χ2v) is 6.08. The number of carbonyl (C=O) groups is 1. The second-order valence-electron chi connectivity index (χ2n) is 5.46. The van der Waals surface area contributed by atoms with E-state index >= 15 is 0 Å². The third-order valence-electron chi connectivity index (χ3n) is 2.29. The number of carbonyl (C=O) groups excluding carboxylic acids is 1. The molecule has 1 unspecified atom stereocenters. The molecule has 0 aliphatic carbocycles. The van der Waals surface area contributed by atoms with Gasteiger partial charge in [-0.2, -0.15) is 0 Å². The number of alkyl halides is 1. The predicted molar refractivity (Wildman–Crippen MR) is 70.2 cm³/mol. The first kappa shape index (κ1) is 14.9. The van der Waals surface area contributed by atoms with Crippen LogP contribution in [0.2, 0.25) is 0 Å². The van der Waals surface area contributed by atoms with Crippen LogP contribution in [0.1, 0.15) is 37.6 Å². The normalized spacial score (nSPS) is 13.2. The lowest BCUT2D eigenvalue weighted by molar-refractivity contribution is 0.0951. The van der Waals surface area contributed by atoms with Gasteiger partial charge in [0, 0.05) is 12.7 Å². The Balaban J connectivity index is 2.47. The summed E-state index contributed by atoms with van der Waals surface area (Å²) in [6.07, 6.45) is 3.17. The van der Waals surface area contributed by atoms with Crippen molar-refractivity contribution in [3.05, 3.63) is 29.8 Å². The van der Waals surface area contributed by atoms with E-state index in [-0.39, 0.29) is 22.3 Å². The Kier molecular flexibility index (Phi) is 5.08. The number of nitrogens with zero attached hydrogens (tertiary/aromatic N) is 1. The number of pyridine rings is 1. The van der Waals surface area contributed by atoms with Gasteiger partial charge < -0.3 is 5.32 Å². The number of nitrogens with one attached hydrogen (secondary N) is 1. The van der Waals surface area contributed by atoms with Crippen molar-refractivity contribution in [1.29, 1.82) is 0 Å². The Bertz CT molecular complexity index is 418. The molecule has 0 aliphatic rings. The zero-order valence-electron chi connectivity index (χ0n) is 10.8. The maximum Gasteiger partial charge on any atom is 0.253 e. The number of aromatic nitrogens is 1. The molecule has 0 aliphatic heterocycles. The van der Waals surface area contributed by atoms with E-state index in [9.17, 15) is 9.18 Å². The number of hydrogen-bond donors (Lipinski definition) is 1. The van der Waals surface area contributed by atoms with Crippen LogP contribution in [0.3, 0.4) is 0 Å². The second kappa shape index (κ2) is 6.14. The largest absolute Gasteiger partial charge is 0.351 e. The molecule has 1 aromatic heterocycles. The van der Waals surface area contributed by atoms with E-state index in [1.165, 1.54) is 6.20 Å². The average Bonchev–Trinajstić information content (AvgIpc) is 2.23. The minimum Gasteiger partial charge on any atom is -0.351 e. The van der Waals surface area contributed by atoms with E-state index in [0.29, 0.717) is 6.54 Å². The summed E-state index contributed by atoms with van der Waals surface area (Å²) >= 11 is 6.12. The minimum atomic E-state index is -0.528. The molecule has 0 radical (unpaired) electrons. The zero-order chi connectivity index (χ0) is 13.8. The van der Waals surface area contributed by atoms with Gasteiger partial charge in [-0.3, -0.25) is 9.78 Å². The fourth-order valence-corrected chi connectivity index (χ4v) is 2.12. The monoisotopic (exact) mass is 272 g/mol. The predicted octanol–water partition coefficient (Wildman–Crippen LogP) is 2.99. The molecule has 1 atom stereocenters. The molecular weight excluding hydrogens is 255 g/mol. The lowest BCUT2D eigenvalue weighted by Gasteiger charge is -2.21. The molecule has 1 amide bonds. The average molecular weight is 273 g/mol. The maximum absolute atomic E-state index is 12.9. The molecule has 0 bridgehead atoms. The van der Waals surface area contributed by atoms with Crippen molar-refractivity contribution in [2.24, 2.45) is 5.41 Å². The molecule has 1 heterocycles. The van der Waals surface area contributed by atoms with Crippen LogP contribution in [0.4, 0.5) is 4.39 Å². The minimum absolute atomic E-state index is 0.109. The first-order valence-corrected chi connectivity index (χ1v) is 6.24. The van der Waals surface area contributed by atoms with Crippen molar-refractivity contribution in [3.8, 4) is 0 Å². The number of hydrogen-bond acceptors (Lipinski definition) is 2. The summed E-state index contributed by atoms with van der Waals surface area (Å²) in [4.78, 5) is 15.3. The molecule has 100 valence electrons. The van der Waals surface area contributed by atoms with Gasteiger partial charge in [0.15, 0.2) is 0 Å². The number of rotatable bonds is 4. The lowest BCUT2D eigenvalue weighted by atomic mass is 9.90. The number of amides is 1. The molecule has 1 aromatic rings. The van der Waals surface area contributed by atoms with Gasteiger partial charge in [0.1, 0.15) is 5.82 Å². The highest BCUT2D eigenvalue weighted by Crippen LogP contribution is 2.23. The van der Waals surface area contributed by atoms with Crippen molar-refractivity contribution in [3.63, 3.8) is 0 Å². The molecule has 0 saturated heterocycles. The van der Waals surface area contributed by atoms with Gasteiger partial charge in [0.05, 0.1) is 17.1 Å². The molecule has 1 N–H and O–H groups in total. The highest BCUT2D eigenvalue weighted by Gasteiger charge is 2.17. The summed E-state index contributed by atoms with van der Waals surface area (Å²) in [6, 6.07) is 1.15. The fourth-order valence-electron chi connectivity index (χ4n) is 1.58. The van der Waals surface area contributed by atoms with Crippen molar-refractivity contribution < 1.29 is 9.18 Å². The van der Waals surface area contributed by atoms with E-state index in [1.54, 1.807) is 0 Å². The lowest BCUT2D eigenvalue weighted by Crippen LogP contribution is -2.31. The van der Waals surface area contributed by atoms with Gasteiger partial charge in [0.25, 0.3) is 5.91 Å². The van der Waals surface area contributed by atoms with Gasteiger partial charge in [-0.25, -0.2) is 4.39 Å². The van der Waals surface area contributed by atoms with Crippen molar-refractivity contribution in [1.82, 2.24) is 10.3 Å². The maximum atomic E-state index is 12.9. The molecule has 3 nitrogen and oxygen atoms in total. The summed E-state index contributed by atoms with van der Waals surface area (Å²) in [7, 11) is 0. The molecular formula is C13H18ClFN2O. The van der Waals surface area contributed by atoms with Crippen LogP contribution in [-0.2, 0) is 0 Å². The van der Waals surface area contributed by atoms with Gasteiger partial charge >= 0.3 is 0 Å². The van der Waals surface area contributed by atoms with Crippen molar-refractivity contribution in [2.45, 2.75) is 32.6 Å². The van der Waals surface area contributed by atoms with Crippen LogP contribution in [0, 0.1) is 11.2 Å². The molecule has 0 aromatic carbocycles. The van der Waals surface area contributed by atoms with E-state index in [0.717, 1.165) is 18.7 Å². The van der Waals surface area contributed by atoms with E-state index in [2.05, 4.69) is 31.1 Å². The summed E-state index contributed by atoms with van der Waals surface area (Å²) in [6.45, 7) is 6.61. The third kappa shape index (κ3) is 5.45. The van der Waals surface area contributed by atoms with Crippen molar-refractivity contribution >= 4 is 17.5 Å². The highest BCUT2D eigenvalue weighted by atomic mass is 35.5. The molecule has 0 fully saturated rings. The molecule has 0 saturated carbocycles. The topological polar surface area (TPSA) is 42.0 Å². The summed E-state index contributed by atoms with van der Waals surface area (Å²) in [5, 5.41) is 2.53. The Morgan fingerprint density at radius 2 is 2.17 bits per heavy atom. The van der Waals surface area contributed by atoms with E-state index in [4.69, 9.17) is 11.6 Å². The van der Waals surface area contributed by atoms with Crippen LogP contribution in [-0.4, -0.2) is 22.8 Å². The number of halogens is 2. The molecule has 5 heteroatoms. The molecule has 1 rings (SSSR count). The fraction of sp³-hybridized carbons (Fsp3) is 0.538. The Morgan fingerprint density at radius 1 is 1.50 bits per heavy atom. The van der Waals surface area contributed by atoms with E-state index in [1.807, 2.05) is 0 Å².